The molecule has 0 fully saturated rings. The number of hydrogen-bond donors (Lipinski definition) is 1. The lowest BCUT2D eigenvalue weighted by Gasteiger charge is -2.27. The molecule has 0 bridgehead atoms. The maximum atomic E-state index is 13.0. The summed E-state index contributed by atoms with van der Waals surface area (Å²) in [7, 11) is 3.09. The maximum absolute atomic E-state index is 13.0. The van der Waals surface area contributed by atoms with E-state index < -0.39 is 11.9 Å². The lowest BCUT2D eigenvalue weighted by Crippen LogP contribution is -2.21. The molecule has 1 unspecified atom stereocenters. The van der Waals surface area contributed by atoms with Gasteiger partial charge in [0.1, 0.15) is 28.0 Å². The summed E-state index contributed by atoms with van der Waals surface area (Å²) in [5.74, 6) is 0.598. The van der Waals surface area contributed by atoms with E-state index in [1.54, 1.807) is 44.6 Å². The molecule has 1 aliphatic rings. The Bertz CT molecular complexity index is 1640. The molecule has 5 rings (SSSR count). The predicted octanol–water partition coefficient (Wildman–Crippen LogP) is 6.32. The van der Waals surface area contributed by atoms with Crippen LogP contribution in [-0.2, 0) is 0 Å². The molecule has 7 nitrogen and oxygen atoms in total. The molecule has 0 saturated heterocycles. The number of esters is 1. The van der Waals surface area contributed by atoms with Crippen molar-refractivity contribution in [2.75, 3.05) is 14.2 Å². The molecule has 186 valence electrons. The van der Waals surface area contributed by atoms with Gasteiger partial charge < -0.3 is 24.7 Å². The Morgan fingerprint density at radius 2 is 1.86 bits per heavy atom. The van der Waals surface area contributed by atoms with E-state index in [9.17, 15) is 10.1 Å². The molecule has 1 aromatic heterocycles. The summed E-state index contributed by atoms with van der Waals surface area (Å²) in [5.41, 5.74) is 8.92. The average Bonchev–Trinajstić information content (AvgIpc) is 3.22. The molecule has 0 saturated carbocycles. The number of benzene rings is 3. The van der Waals surface area contributed by atoms with Gasteiger partial charge in [0, 0.05) is 21.7 Å². The zero-order valence-electron chi connectivity index (χ0n) is 20.1. The summed E-state index contributed by atoms with van der Waals surface area (Å²) >= 11 is 7.76. The Morgan fingerprint density at radius 1 is 1.08 bits per heavy atom. The first-order valence-corrected chi connectivity index (χ1v) is 12.4. The molecule has 2 N–H and O–H groups in total. The highest BCUT2D eigenvalue weighted by Gasteiger charge is 2.32. The lowest BCUT2D eigenvalue weighted by atomic mass is 9.83. The Kier molecular flexibility index (Phi) is 6.42. The topological polar surface area (TPSA) is 104 Å². The highest BCUT2D eigenvalue weighted by Crippen LogP contribution is 2.45. The molecular formula is C28H21ClN2O5S. The summed E-state index contributed by atoms with van der Waals surface area (Å²) in [4.78, 5) is 13.3. The molecule has 2 heterocycles. The van der Waals surface area contributed by atoms with Crippen molar-refractivity contribution in [2.45, 2.75) is 12.8 Å². The molecule has 0 radical (unpaired) electrons. The molecule has 1 atom stereocenters. The number of methoxy groups -OCH3 is 2. The molecule has 0 aliphatic carbocycles. The second-order valence-corrected chi connectivity index (χ2v) is 9.80. The van der Waals surface area contributed by atoms with E-state index >= 15 is 0 Å². The van der Waals surface area contributed by atoms with Gasteiger partial charge in [-0.15, -0.1) is 11.3 Å². The molecule has 0 spiro atoms. The first kappa shape index (κ1) is 24.5. The first-order chi connectivity index (χ1) is 17.8. The van der Waals surface area contributed by atoms with Gasteiger partial charge in [-0.2, -0.15) is 5.26 Å². The Hall–Kier alpha value is -4.19. The highest BCUT2D eigenvalue weighted by molar-refractivity contribution is 7.21. The normalized spacial score (nSPS) is 14.5. The number of ether oxygens (including phenoxy) is 4. The number of aryl methyl sites for hydroxylation is 1. The fraction of sp³-hybridized carbons (Fsp3) is 0.143. The zero-order chi connectivity index (χ0) is 26.3. The summed E-state index contributed by atoms with van der Waals surface area (Å²) < 4.78 is 23.1. The van der Waals surface area contributed by atoms with Crippen LogP contribution in [0, 0.1) is 18.3 Å². The van der Waals surface area contributed by atoms with Gasteiger partial charge in [0.25, 0.3) is 0 Å². The summed E-state index contributed by atoms with van der Waals surface area (Å²) in [5, 5.41) is 11.0. The average molecular weight is 533 g/mol. The second kappa shape index (κ2) is 9.69. The fourth-order valence-corrected chi connectivity index (χ4v) is 5.81. The molecule has 37 heavy (non-hydrogen) atoms. The number of carbonyl (C=O) groups excluding carboxylic acids is 1. The second-order valence-electron chi connectivity index (χ2n) is 8.37. The predicted molar refractivity (Wildman–Crippen MR) is 142 cm³/mol. The molecule has 1 aliphatic heterocycles. The Balaban J connectivity index is 1.50. The van der Waals surface area contributed by atoms with Gasteiger partial charge in [-0.3, -0.25) is 0 Å². The molecule has 9 heteroatoms. The smallest absolute Gasteiger partial charge is 0.355 e. The monoisotopic (exact) mass is 532 g/mol. The fourth-order valence-electron chi connectivity index (χ4n) is 4.33. The first-order valence-electron chi connectivity index (χ1n) is 11.2. The molecule has 3 aromatic carbocycles. The maximum Gasteiger partial charge on any atom is 0.355 e. The largest absolute Gasteiger partial charge is 0.493 e. The van der Waals surface area contributed by atoms with Crippen molar-refractivity contribution >= 4 is 39.0 Å². The standard InChI is InChI=1S/C28H21ClN2O5S/c1-14-4-7-18-23(10-14)37-26(25(18)29)28(32)35-16-6-8-17-21(12-16)36-27(31)19(13-30)24(17)15-5-9-20(33-2)22(11-15)34-3/h4-12,24H,31H2,1-3H3. The van der Waals surface area contributed by atoms with Gasteiger partial charge in [0.05, 0.1) is 25.2 Å². The van der Waals surface area contributed by atoms with E-state index in [-0.39, 0.29) is 17.2 Å². The number of hydrogen-bond acceptors (Lipinski definition) is 8. The number of thiophene rings is 1. The van der Waals surface area contributed by atoms with Crippen LogP contribution < -0.4 is 24.7 Å². The van der Waals surface area contributed by atoms with Gasteiger partial charge in [-0.1, -0.05) is 35.9 Å². The van der Waals surface area contributed by atoms with Gasteiger partial charge in [-0.05, 0) is 42.3 Å². The van der Waals surface area contributed by atoms with Crippen LogP contribution >= 0.6 is 22.9 Å². The quantitative estimate of drug-likeness (QED) is 0.237. The summed E-state index contributed by atoms with van der Waals surface area (Å²) in [6, 6.07) is 18.3. The van der Waals surface area contributed by atoms with Gasteiger partial charge in [0.2, 0.25) is 5.88 Å². The van der Waals surface area contributed by atoms with Crippen molar-refractivity contribution in [3.63, 3.8) is 0 Å². The SMILES string of the molecule is COc1ccc(C2C(C#N)=C(N)Oc3cc(OC(=O)c4sc5cc(C)ccc5c4Cl)ccc32)cc1OC. The third-order valence-electron chi connectivity index (χ3n) is 6.11. The van der Waals surface area contributed by atoms with Crippen LogP contribution in [-0.4, -0.2) is 20.2 Å². The van der Waals surface area contributed by atoms with E-state index in [0.29, 0.717) is 32.7 Å². The van der Waals surface area contributed by atoms with Crippen molar-refractivity contribution in [3.05, 3.63) is 92.6 Å². The van der Waals surface area contributed by atoms with Crippen molar-refractivity contribution in [3.8, 4) is 29.1 Å². The third kappa shape index (κ3) is 4.33. The summed E-state index contributed by atoms with van der Waals surface area (Å²) in [6.45, 7) is 1.98. The number of carbonyl (C=O) groups is 1. The number of rotatable bonds is 5. The Morgan fingerprint density at radius 3 is 2.59 bits per heavy atom. The summed E-state index contributed by atoms with van der Waals surface area (Å²) in [6.07, 6.45) is 0. The van der Waals surface area contributed by atoms with Crippen LogP contribution in [0.25, 0.3) is 10.1 Å². The highest BCUT2D eigenvalue weighted by atomic mass is 35.5. The van der Waals surface area contributed by atoms with Crippen molar-refractivity contribution in [1.29, 1.82) is 5.26 Å². The number of allylic oxidation sites excluding steroid dienone is 1. The van der Waals surface area contributed by atoms with E-state index in [0.717, 1.165) is 21.2 Å². The van der Waals surface area contributed by atoms with Crippen LogP contribution in [0.1, 0.15) is 32.3 Å². The minimum Gasteiger partial charge on any atom is -0.493 e. The van der Waals surface area contributed by atoms with E-state index in [4.69, 9.17) is 36.3 Å². The van der Waals surface area contributed by atoms with E-state index in [1.165, 1.54) is 11.3 Å². The van der Waals surface area contributed by atoms with Crippen LogP contribution in [0.5, 0.6) is 23.0 Å². The number of nitriles is 1. The van der Waals surface area contributed by atoms with E-state index in [1.807, 2.05) is 31.2 Å². The third-order valence-corrected chi connectivity index (χ3v) is 7.75. The zero-order valence-corrected chi connectivity index (χ0v) is 21.7. The van der Waals surface area contributed by atoms with Crippen LogP contribution in [0.2, 0.25) is 5.02 Å². The van der Waals surface area contributed by atoms with Crippen LogP contribution in [0.15, 0.2) is 66.1 Å². The minimum absolute atomic E-state index is 0.0267. The number of nitrogens with zero attached hydrogens (tertiary/aromatic N) is 1. The Labute approximate surface area is 222 Å². The number of halogens is 1. The van der Waals surface area contributed by atoms with Crippen LogP contribution in [0.3, 0.4) is 0 Å². The van der Waals surface area contributed by atoms with Crippen molar-refractivity contribution in [1.82, 2.24) is 0 Å². The van der Waals surface area contributed by atoms with Gasteiger partial charge >= 0.3 is 5.97 Å². The van der Waals surface area contributed by atoms with E-state index in [2.05, 4.69) is 6.07 Å². The molecular weight excluding hydrogens is 512 g/mol. The van der Waals surface area contributed by atoms with Crippen LogP contribution in [0.4, 0.5) is 0 Å². The minimum atomic E-state index is -0.572. The van der Waals surface area contributed by atoms with Gasteiger partial charge in [0.15, 0.2) is 11.5 Å². The van der Waals surface area contributed by atoms with Gasteiger partial charge in [-0.25, -0.2) is 4.79 Å². The number of fused-ring (bicyclic) bond motifs is 2. The number of nitrogens with two attached hydrogens (primary N) is 1. The lowest BCUT2D eigenvalue weighted by molar-refractivity contribution is 0.0740. The molecule has 4 aromatic rings. The van der Waals surface area contributed by atoms with Crippen molar-refractivity contribution in [2.24, 2.45) is 5.73 Å². The van der Waals surface area contributed by atoms with Crippen molar-refractivity contribution < 1.29 is 23.7 Å². The molecule has 0 amide bonds.